The summed E-state index contributed by atoms with van der Waals surface area (Å²) < 4.78 is 4.91. The van der Waals surface area contributed by atoms with Gasteiger partial charge in [0.15, 0.2) is 0 Å². The van der Waals surface area contributed by atoms with Crippen molar-refractivity contribution in [1.29, 1.82) is 0 Å². The van der Waals surface area contributed by atoms with Crippen LogP contribution < -0.4 is 4.74 Å². The first-order valence-corrected chi connectivity index (χ1v) is 7.52. The second-order valence-corrected chi connectivity index (χ2v) is 3.83. The van der Waals surface area contributed by atoms with Crippen LogP contribution in [0, 0.1) is 0 Å². The molecule has 1 heteroatoms. The summed E-state index contributed by atoms with van der Waals surface area (Å²) in [5.74, 6) is 0.910. The average Bonchev–Trinajstić information content (AvgIpc) is 2.68. The highest BCUT2D eigenvalue weighted by molar-refractivity contribution is 5.20. The molecule has 0 spiro atoms. The van der Waals surface area contributed by atoms with Gasteiger partial charge in [-0.1, -0.05) is 105 Å². The van der Waals surface area contributed by atoms with Crippen molar-refractivity contribution < 1.29 is 4.74 Å². The van der Waals surface area contributed by atoms with Gasteiger partial charge in [0.25, 0.3) is 0 Å². The fourth-order valence-electron chi connectivity index (χ4n) is 1.33. The van der Waals surface area contributed by atoms with E-state index >= 15 is 0 Å². The smallest absolute Gasteiger partial charge is 0.118 e. The zero-order valence-corrected chi connectivity index (χ0v) is 13.7. The number of para-hydroxylation sites is 1. The third-order valence-electron chi connectivity index (χ3n) is 2.31. The number of methoxy groups -OCH3 is 1. The minimum Gasteiger partial charge on any atom is -0.497 e. The molecule has 3 aromatic carbocycles. The monoisotopic (exact) mass is 294 g/mol. The topological polar surface area (TPSA) is 9.23 Å². The van der Waals surface area contributed by atoms with Crippen molar-refractivity contribution in [3.8, 4) is 5.75 Å². The molecule has 0 aliphatic heterocycles. The predicted octanol–water partition coefficient (Wildman–Crippen LogP) is 6.09. The molecule has 1 nitrogen and oxygen atoms in total. The minimum absolute atomic E-state index is 0.910. The van der Waals surface area contributed by atoms with E-state index in [0.29, 0.717) is 0 Å². The van der Waals surface area contributed by atoms with Crippen molar-refractivity contribution in [1.82, 2.24) is 0 Å². The molecule has 3 aromatic rings. The minimum atomic E-state index is 0.910. The van der Waals surface area contributed by atoms with E-state index in [1.54, 1.807) is 7.11 Å². The molecule has 0 unspecified atom stereocenters. The number of hydrogen-bond donors (Lipinski definition) is 0. The Morgan fingerprint density at radius 1 is 0.455 bits per heavy atom. The molecule has 0 aliphatic rings. The fourth-order valence-corrected chi connectivity index (χ4v) is 1.33. The zero-order chi connectivity index (χ0) is 16.3. The number of rotatable bonds is 1. The van der Waals surface area contributed by atoms with E-state index in [1.165, 1.54) is 0 Å². The predicted molar refractivity (Wildman–Crippen MR) is 97.2 cm³/mol. The molecule has 0 fully saturated rings. The van der Waals surface area contributed by atoms with Gasteiger partial charge in [-0.25, -0.2) is 0 Å². The molecule has 0 aliphatic carbocycles. The maximum absolute atomic E-state index is 4.91. The van der Waals surface area contributed by atoms with Gasteiger partial charge in [0, 0.05) is 0 Å². The van der Waals surface area contributed by atoms with Crippen molar-refractivity contribution in [2.75, 3.05) is 7.11 Å². The Labute approximate surface area is 135 Å². The maximum atomic E-state index is 4.91. The normalized spacial score (nSPS) is 7.77. The zero-order valence-electron chi connectivity index (χ0n) is 13.7. The SMILES string of the molecule is CC.COc1ccccc1.c1ccccc1.c1ccccc1. The van der Waals surface area contributed by atoms with E-state index in [1.807, 2.05) is 117 Å². The Kier molecular flexibility index (Phi) is 14.6. The van der Waals surface area contributed by atoms with Crippen LogP contribution in [0.5, 0.6) is 5.75 Å². The Morgan fingerprint density at radius 3 is 0.864 bits per heavy atom. The highest BCUT2D eigenvalue weighted by Gasteiger charge is 1.80. The second-order valence-electron chi connectivity index (χ2n) is 3.83. The molecular formula is C21H26O. The molecule has 0 heterocycles. The van der Waals surface area contributed by atoms with Crippen LogP contribution >= 0.6 is 0 Å². The average molecular weight is 294 g/mol. The van der Waals surface area contributed by atoms with Crippen LogP contribution in [-0.2, 0) is 0 Å². The number of benzene rings is 3. The van der Waals surface area contributed by atoms with Crippen LogP contribution in [0.2, 0.25) is 0 Å². The molecule has 0 aromatic heterocycles. The number of ether oxygens (including phenoxy) is 1. The van der Waals surface area contributed by atoms with Crippen LogP contribution in [0.1, 0.15) is 13.8 Å². The first kappa shape index (κ1) is 19.5. The molecule has 0 saturated carbocycles. The first-order valence-electron chi connectivity index (χ1n) is 7.52. The fraction of sp³-hybridized carbons (Fsp3) is 0.143. The van der Waals surface area contributed by atoms with E-state index in [0.717, 1.165) is 5.75 Å². The van der Waals surface area contributed by atoms with Gasteiger partial charge in [-0.3, -0.25) is 0 Å². The van der Waals surface area contributed by atoms with Crippen molar-refractivity contribution >= 4 is 0 Å². The summed E-state index contributed by atoms with van der Waals surface area (Å²) in [4.78, 5) is 0. The van der Waals surface area contributed by atoms with Crippen LogP contribution in [0.4, 0.5) is 0 Å². The first-order chi connectivity index (χ1) is 10.9. The Balaban J connectivity index is 0.000000288. The largest absolute Gasteiger partial charge is 0.497 e. The molecule has 3 rings (SSSR count). The lowest BCUT2D eigenvalue weighted by atomic mass is 10.3. The molecule has 0 radical (unpaired) electrons. The number of hydrogen-bond acceptors (Lipinski definition) is 1. The molecule has 0 saturated heterocycles. The van der Waals surface area contributed by atoms with Crippen molar-refractivity contribution in [2.45, 2.75) is 13.8 Å². The third-order valence-corrected chi connectivity index (χ3v) is 2.31. The van der Waals surface area contributed by atoms with Crippen LogP contribution in [-0.4, -0.2) is 7.11 Å². The van der Waals surface area contributed by atoms with Crippen LogP contribution in [0.15, 0.2) is 103 Å². The molecular weight excluding hydrogens is 268 g/mol. The van der Waals surface area contributed by atoms with Crippen molar-refractivity contribution in [2.24, 2.45) is 0 Å². The quantitative estimate of drug-likeness (QED) is 0.527. The van der Waals surface area contributed by atoms with Gasteiger partial charge in [0.1, 0.15) is 5.75 Å². The van der Waals surface area contributed by atoms with Gasteiger partial charge >= 0.3 is 0 Å². The van der Waals surface area contributed by atoms with E-state index < -0.39 is 0 Å². The van der Waals surface area contributed by atoms with Gasteiger partial charge in [0.2, 0.25) is 0 Å². The molecule has 0 N–H and O–H groups in total. The highest BCUT2D eigenvalue weighted by Crippen LogP contribution is 2.05. The summed E-state index contributed by atoms with van der Waals surface area (Å²) in [6.45, 7) is 4.00. The summed E-state index contributed by atoms with van der Waals surface area (Å²) in [7, 11) is 1.66. The van der Waals surface area contributed by atoms with Crippen LogP contribution in [0.25, 0.3) is 0 Å². The van der Waals surface area contributed by atoms with Crippen molar-refractivity contribution in [3.63, 3.8) is 0 Å². The van der Waals surface area contributed by atoms with Crippen LogP contribution in [0.3, 0.4) is 0 Å². The standard InChI is InChI=1S/C7H8O.2C6H6.C2H6/c1-8-7-5-3-2-4-6-7;2*1-2-4-6-5-3-1;1-2/h2-6H,1H3;2*1-6H;1-2H3. The summed E-state index contributed by atoms with van der Waals surface area (Å²) in [5.41, 5.74) is 0. The maximum Gasteiger partial charge on any atom is 0.118 e. The highest BCUT2D eigenvalue weighted by atomic mass is 16.5. The van der Waals surface area contributed by atoms with E-state index in [-0.39, 0.29) is 0 Å². The van der Waals surface area contributed by atoms with Gasteiger partial charge in [-0.15, -0.1) is 0 Å². The summed E-state index contributed by atoms with van der Waals surface area (Å²) in [6.07, 6.45) is 0. The summed E-state index contributed by atoms with van der Waals surface area (Å²) in [6, 6.07) is 33.7. The van der Waals surface area contributed by atoms with Gasteiger partial charge < -0.3 is 4.74 Å². The Morgan fingerprint density at radius 2 is 0.682 bits per heavy atom. The molecule has 0 atom stereocenters. The molecule has 0 amide bonds. The van der Waals surface area contributed by atoms with Gasteiger partial charge in [0.05, 0.1) is 7.11 Å². The summed E-state index contributed by atoms with van der Waals surface area (Å²) >= 11 is 0. The molecule has 22 heavy (non-hydrogen) atoms. The molecule has 0 bridgehead atoms. The second kappa shape index (κ2) is 16.5. The lowest BCUT2D eigenvalue weighted by molar-refractivity contribution is 0.415. The Bertz CT molecular complexity index is 421. The van der Waals surface area contributed by atoms with Gasteiger partial charge in [-0.05, 0) is 12.1 Å². The van der Waals surface area contributed by atoms with E-state index in [4.69, 9.17) is 4.74 Å². The van der Waals surface area contributed by atoms with E-state index in [9.17, 15) is 0 Å². The third kappa shape index (κ3) is 12.5. The lowest BCUT2D eigenvalue weighted by Crippen LogP contribution is -1.78. The van der Waals surface area contributed by atoms with Gasteiger partial charge in [-0.2, -0.15) is 0 Å². The Hall–Kier alpha value is -2.54. The summed E-state index contributed by atoms with van der Waals surface area (Å²) in [5, 5.41) is 0. The lowest BCUT2D eigenvalue weighted by Gasteiger charge is -1.93. The van der Waals surface area contributed by atoms with E-state index in [2.05, 4.69) is 0 Å². The van der Waals surface area contributed by atoms with Crippen molar-refractivity contribution in [3.05, 3.63) is 103 Å². The molecule has 116 valence electrons.